The van der Waals surface area contributed by atoms with Crippen molar-refractivity contribution in [3.63, 3.8) is 0 Å². The predicted molar refractivity (Wildman–Crippen MR) is 66.9 cm³/mol. The SMILES string of the molecule is CCOc1cccc(C(=O)C(C)Br)c1OC. The zero-order valence-corrected chi connectivity index (χ0v) is 11.2. The van der Waals surface area contributed by atoms with Crippen LogP contribution < -0.4 is 9.47 Å². The second-order valence-electron chi connectivity index (χ2n) is 3.25. The number of methoxy groups -OCH3 is 1. The van der Waals surface area contributed by atoms with Crippen LogP contribution in [-0.2, 0) is 0 Å². The molecule has 0 aliphatic rings. The van der Waals surface area contributed by atoms with Crippen LogP contribution in [0, 0.1) is 0 Å². The van der Waals surface area contributed by atoms with E-state index >= 15 is 0 Å². The van der Waals surface area contributed by atoms with Crippen LogP contribution in [0.4, 0.5) is 0 Å². The molecular formula is C12H15BrO3. The molecule has 0 radical (unpaired) electrons. The van der Waals surface area contributed by atoms with Gasteiger partial charge < -0.3 is 9.47 Å². The van der Waals surface area contributed by atoms with Gasteiger partial charge >= 0.3 is 0 Å². The number of carbonyl (C=O) groups is 1. The van der Waals surface area contributed by atoms with Crippen LogP contribution in [-0.4, -0.2) is 24.3 Å². The van der Waals surface area contributed by atoms with Gasteiger partial charge in [-0.25, -0.2) is 0 Å². The number of alkyl halides is 1. The summed E-state index contributed by atoms with van der Waals surface area (Å²) in [6, 6.07) is 5.32. The van der Waals surface area contributed by atoms with Crippen LogP contribution in [0.5, 0.6) is 11.5 Å². The lowest BCUT2D eigenvalue weighted by molar-refractivity contribution is 0.0992. The highest BCUT2D eigenvalue weighted by molar-refractivity contribution is 9.10. The van der Waals surface area contributed by atoms with E-state index in [1.807, 2.05) is 6.92 Å². The number of hydrogen-bond acceptors (Lipinski definition) is 3. The van der Waals surface area contributed by atoms with Crippen LogP contribution in [0.3, 0.4) is 0 Å². The fourth-order valence-corrected chi connectivity index (χ4v) is 1.65. The molecule has 0 N–H and O–H groups in total. The first-order chi connectivity index (χ1) is 7.61. The first kappa shape index (κ1) is 13.0. The van der Waals surface area contributed by atoms with E-state index in [1.54, 1.807) is 25.1 Å². The summed E-state index contributed by atoms with van der Waals surface area (Å²) in [5.74, 6) is 1.09. The van der Waals surface area contributed by atoms with Crippen LogP contribution in [0.25, 0.3) is 0 Å². The van der Waals surface area contributed by atoms with Gasteiger partial charge in [-0.1, -0.05) is 22.0 Å². The quantitative estimate of drug-likeness (QED) is 0.616. The molecule has 0 aromatic heterocycles. The zero-order valence-electron chi connectivity index (χ0n) is 9.62. The third kappa shape index (κ3) is 2.76. The maximum absolute atomic E-state index is 11.9. The second-order valence-corrected chi connectivity index (χ2v) is 4.62. The molecule has 0 saturated carbocycles. The highest BCUT2D eigenvalue weighted by Crippen LogP contribution is 2.32. The van der Waals surface area contributed by atoms with Crippen LogP contribution in [0.2, 0.25) is 0 Å². The van der Waals surface area contributed by atoms with Crippen molar-refractivity contribution >= 4 is 21.7 Å². The molecular weight excluding hydrogens is 272 g/mol. The number of rotatable bonds is 5. The van der Waals surface area contributed by atoms with Crippen LogP contribution in [0.15, 0.2) is 18.2 Å². The van der Waals surface area contributed by atoms with Gasteiger partial charge in [0.05, 0.1) is 24.1 Å². The van der Waals surface area contributed by atoms with E-state index in [9.17, 15) is 4.79 Å². The number of ketones is 1. The minimum absolute atomic E-state index is 0.0154. The fourth-order valence-electron chi connectivity index (χ4n) is 1.40. The minimum atomic E-state index is -0.238. The molecule has 1 atom stereocenters. The Morgan fingerprint density at radius 2 is 2.19 bits per heavy atom. The molecule has 1 aromatic rings. The molecule has 0 aliphatic carbocycles. The van der Waals surface area contributed by atoms with Crippen molar-refractivity contribution < 1.29 is 14.3 Å². The lowest BCUT2D eigenvalue weighted by Gasteiger charge is -2.13. The second kappa shape index (κ2) is 5.89. The van der Waals surface area contributed by atoms with E-state index in [0.29, 0.717) is 23.7 Å². The zero-order chi connectivity index (χ0) is 12.1. The Hall–Kier alpha value is -1.03. The lowest BCUT2D eigenvalue weighted by atomic mass is 10.1. The van der Waals surface area contributed by atoms with E-state index in [2.05, 4.69) is 15.9 Å². The van der Waals surface area contributed by atoms with Gasteiger partial charge in [0.2, 0.25) is 0 Å². The predicted octanol–water partition coefficient (Wildman–Crippen LogP) is 3.06. The molecule has 1 unspecified atom stereocenters. The summed E-state index contributed by atoms with van der Waals surface area (Å²) in [5.41, 5.74) is 0.540. The molecule has 0 bridgehead atoms. The molecule has 0 heterocycles. The topological polar surface area (TPSA) is 35.5 Å². The van der Waals surface area contributed by atoms with E-state index in [0.717, 1.165) is 0 Å². The van der Waals surface area contributed by atoms with Crippen molar-refractivity contribution in [2.75, 3.05) is 13.7 Å². The molecule has 16 heavy (non-hydrogen) atoms. The average Bonchev–Trinajstić information content (AvgIpc) is 2.28. The monoisotopic (exact) mass is 286 g/mol. The molecule has 1 rings (SSSR count). The smallest absolute Gasteiger partial charge is 0.180 e. The fraction of sp³-hybridized carbons (Fsp3) is 0.417. The van der Waals surface area contributed by atoms with Crippen molar-refractivity contribution in [1.82, 2.24) is 0 Å². The Labute approximate surface area is 104 Å². The van der Waals surface area contributed by atoms with Gasteiger partial charge in [-0.15, -0.1) is 0 Å². The Kier molecular flexibility index (Phi) is 4.80. The van der Waals surface area contributed by atoms with E-state index in [4.69, 9.17) is 9.47 Å². The molecule has 0 aliphatic heterocycles. The normalized spacial score (nSPS) is 12.0. The van der Waals surface area contributed by atoms with Crippen molar-refractivity contribution in [3.8, 4) is 11.5 Å². The number of carbonyl (C=O) groups excluding carboxylic acids is 1. The summed E-state index contributed by atoms with van der Waals surface area (Å²) in [6.45, 7) is 4.22. The summed E-state index contributed by atoms with van der Waals surface area (Å²) in [6.07, 6.45) is 0. The van der Waals surface area contributed by atoms with Crippen LogP contribution >= 0.6 is 15.9 Å². The Morgan fingerprint density at radius 3 is 2.69 bits per heavy atom. The first-order valence-electron chi connectivity index (χ1n) is 5.09. The summed E-state index contributed by atoms with van der Waals surface area (Å²) in [4.78, 5) is 11.7. The van der Waals surface area contributed by atoms with Gasteiger partial charge in [0, 0.05) is 0 Å². The maximum atomic E-state index is 11.9. The first-order valence-corrected chi connectivity index (χ1v) is 6.01. The molecule has 0 fully saturated rings. The average molecular weight is 287 g/mol. The van der Waals surface area contributed by atoms with E-state index in [-0.39, 0.29) is 10.6 Å². The van der Waals surface area contributed by atoms with Gasteiger partial charge in [-0.3, -0.25) is 4.79 Å². The largest absolute Gasteiger partial charge is 0.492 e. The van der Waals surface area contributed by atoms with Crippen molar-refractivity contribution in [2.24, 2.45) is 0 Å². The molecule has 3 nitrogen and oxygen atoms in total. The minimum Gasteiger partial charge on any atom is -0.492 e. The number of benzene rings is 1. The molecule has 0 saturated heterocycles. The Balaban J connectivity index is 3.18. The van der Waals surface area contributed by atoms with Gasteiger partial charge in [-0.05, 0) is 26.0 Å². The molecule has 88 valence electrons. The van der Waals surface area contributed by atoms with Gasteiger partial charge in [0.15, 0.2) is 17.3 Å². The Bertz CT molecular complexity index is 375. The van der Waals surface area contributed by atoms with Crippen LogP contribution in [0.1, 0.15) is 24.2 Å². The van der Waals surface area contributed by atoms with Gasteiger partial charge in [-0.2, -0.15) is 0 Å². The number of ether oxygens (including phenoxy) is 2. The number of para-hydroxylation sites is 1. The maximum Gasteiger partial charge on any atom is 0.180 e. The third-order valence-corrected chi connectivity index (χ3v) is 2.53. The summed E-state index contributed by atoms with van der Waals surface area (Å²) >= 11 is 3.26. The van der Waals surface area contributed by atoms with Crippen molar-refractivity contribution in [2.45, 2.75) is 18.7 Å². The lowest BCUT2D eigenvalue weighted by Crippen LogP contribution is -2.12. The summed E-state index contributed by atoms with van der Waals surface area (Å²) in [5, 5.41) is 0. The molecule has 0 spiro atoms. The summed E-state index contributed by atoms with van der Waals surface area (Å²) < 4.78 is 10.6. The van der Waals surface area contributed by atoms with Gasteiger partial charge in [0.25, 0.3) is 0 Å². The molecule has 4 heteroatoms. The van der Waals surface area contributed by atoms with Crippen molar-refractivity contribution in [1.29, 1.82) is 0 Å². The third-order valence-electron chi connectivity index (χ3n) is 2.11. The number of hydrogen-bond donors (Lipinski definition) is 0. The number of halogens is 1. The highest BCUT2D eigenvalue weighted by atomic mass is 79.9. The van der Waals surface area contributed by atoms with Gasteiger partial charge in [0.1, 0.15) is 0 Å². The molecule has 1 aromatic carbocycles. The Morgan fingerprint density at radius 1 is 1.50 bits per heavy atom. The van der Waals surface area contributed by atoms with E-state index in [1.165, 1.54) is 7.11 Å². The summed E-state index contributed by atoms with van der Waals surface area (Å²) in [7, 11) is 1.54. The standard InChI is InChI=1S/C12H15BrO3/c1-4-16-10-7-5-6-9(12(10)15-3)11(14)8(2)13/h5-8H,4H2,1-3H3. The van der Waals surface area contributed by atoms with E-state index < -0.39 is 0 Å². The molecule has 0 amide bonds. The highest BCUT2D eigenvalue weighted by Gasteiger charge is 2.19. The van der Waals surface area contributed by atoms with Crippen molar-refractivity contribution in [3.05, 3.63) is 23.8 Å². The number of Topliss-reactive ketones (excluding diaryl/α,β-unsaturated/α-hetero) is 1.